The molecule has 4 rings (SSSR count). The molecule has 164 valence electrons. The summed E-state index contributed by atoms with van der Waals surface area (Å²) in [7, 11) is 0. The van der Waals surface area contributed by atoms with Crippen LogP contribution in [0.5, 0.6) is 0 Å². The van der Waals surface area contributed by atoms with Gasteiger partial charge < -0.3 is 9.32 Å². The first-order valence-electron chi connectivity index (χ1n) is 9.83. The molecule has 1 aromatic carbocycles. The van der Waals surface area contributed by atoms with E-state index in [2.05, 4.69) is 15.9 Å². The Bertz CT molecular complexity index is 1100. The molecule has 0 bridgehead atoms. The van der Waals surface area contributed by atoms with Crippen molar-refractivity contribution in [2.24, 2.45) is 0 Å². The monoisotopic (exact) mass is 512 g/mol. The van der Waals surface area contributed by atoms with Crippen molar-refractivity contribution in [3.05, 3.63) is 61.8 Å². The Balaban J connectivity index is 1.47. The molecule has 0 spiro atoms. The molecule has 1 aliphatic rings. The lowest BCUT2D eigenvalue weighted by atomic mass is 9.97. The van der Waals surface area contributed by atoms with Crippen LogP contribution in [-0.2, 0) is 6.18 Å². The van der Waals surface area contributed by atoms with Gasteiger partial charge in [0.1, 0.15) is 5.76 Å². The van der Waals surface area contributed by atoms with E-state index in [-0.39, 0.29) is 11.7 Å². The first kappa shape index (κ1) is 22.1. The number of piperidine rings is 1. The fraction of sp³-hybridized carbons (Fsp3) is 0.364. The van der Waals surface area contributed by atoms with E-state index in [1.54, 1.807) is 11.3 Å². The van der Waals surface area contributed by atoms with Gasteiger partial charge in [-0.1, -0.05) is 28.1 Å². The van der Waals surface area contributed by atoms with Gasteiger partial charge in [0, 0.05) is 33.9 Å². The molecule has 3 heterocycles. The Labute approximate surface area is 190 Å². The number of rotatable bonds is 3. The fourth-order valence-electron chi connectivity index (χ4n) is 3.85. The highest BCUT2D eigenvalue weighted by Crippen LogP contribution is 2.38. The number of alkyl halides is 3. The van der Waals surface area contributed by atoms with E-state index < -0.39 is 23.4 Å². The molecular formula is C22H20BrF3N2O2S. The minimum absolute atomic E-state index is 0.0734. The Kier molecular flexibility index (Phi) is 6.00. The molecule has 4 nitrogen and oxygen atoms in total. The Morgan fingerprint density at radius 1 is 1.19 bits per heavy atom. The highest BCUT2D eigenvalue weighted by molar-refractivity contribution is 9.10. The van der Waals surface area contributed by atoms with Crippen LogP contribution in [0.3, 0.4) is 0 Å². The average molecular weight is 513 g/mol. The summed E-state index contributed by atoms with van der Waals surface area (Å²) in [6.45, 7) is 4.22. The van der Waals surface area contributed by atoms with Crippen LogP contribution in [0.2, 0.25) is 0 Å². The van der Waals surface area contributed by atoms with Gasteiger partial charge in [-0.05, 0) is 44.9 Å². The van der Waals surface area contributed by atoms with Gasteiger partial charge >= 0.3 is 6.18 Å². The van der Waals surface area contributed by atoms with Crippen molar-refractivity contribution < 1.29 is 22.4 Å². The number of hydrogen-bond donors (Lipinski definition) is 0. The van der Waals surface area contributed by atoms with E-state index in [4.69, 9.17) is 9.40 Å². The van der Waals surface area contributed by atoms with Crippen LogP contribution < -0.4 is 0 Å². The third-order valence-corrected chi connectivity index (χ3v) is 7.07. The molecule has 1 amide bonds. The summed E-state index contributed by atoms with van der Waals surface area (Å²) in [6, 6.07) is 9.16. The van der Waals surface area contributed by atoms with Crippen molar-refractivity contribution in [1.82, 2.24) is 9.88 Å². The van der Waals surface area contributed by atoms with Crippen molar-refractivity contribution in [1.29, 1.82) is 0 Å². The van der Waals surface area contributed by atoms with Gasteiger partial charge in [-0.15, -0.1) is 11.3 Å². The maximum atomic E-state index is 13.2. The van der Waals surface area contributed by atoms with Crippen LogP contribution in [0.25, 0.3) is 11.3 Å². The zero-order valence-corrected chi connectivity index (χ0v) is 19.3. The summed E-state index contributed by atoms with van der Waals surface area (Å²) in [4.78, 5) is 20.2. The number of carbonyl (C=O) groups is 1. The lowest BCUT2D eigenvalue weighted by molar-refractivity contribution is -0.153. The first-order chi connectivity index (χ1) is 14.6. The minimum Gasteiger partial charge on any atom is -0.456 e. The molecule has 1 saturated heterocycles. The molecule has 0 radical (unpaired) electrons. The molecule has 0 unspecified atom stereocenters. The van der Waals surface area contributed by atoms with Gasteiger partial charge in [-0.2, -0.15) is 13.2 Å². The van der Waals surface area contributed by atoms with Gasteiger partial charge in [0.15, 0.2) is 0 Å². The zero-order valence-electron chi connectivity index (χ0n) is 16.9. The van der Waals surface area contributed by atoms with E-state index in [0.717, 1.165) is 25.6 Å². The van der Waals surface area contributed by atoms with Gasteiger partial charge in [-0.3, -0.25) is 4.79 Å². The first-order valence-corrected chi connectivity index (χ1v) is 11.4. The largest absolute Gasteiger partial charge is 0.456 e. The van der Waals surface area contributed by atoms with Crippen molar-refractivity contribution in [2.75, 3.05) is 13.1 Å². The Morgan fingerprint density at radius 3 is 2.45 bits per heavy atom. The van der Waals surface area contributed by atoms with Crippen LogP contribution in [0.15, 0.2) is 39.2 Å². The number of carbonyl (C=O) groups excluding carboxylic acids is 1. The molecule has 1 fully saturated rings. The second-order valence-electron chi connectivity index (χ2n) is 7.63. The molecule has 0 saturated carbocycles. The molecule has 2 aromatic heterocycles. The number of likely N-dealkylation sites (tertiary alicyclic amines) is 1. The van der Waals surface area contributed by atoms with E-state index in [1.807, 2.05) is 31.2 Å². The number of nitrogens with zero attached hydrogens (tertiary/aromatic N) is 2. The van der Waals surface area contributed by atoms with E-state index in [0.29, 0.717) is 25.9 Å². The number of hydrogen-bond acceptors (Lipinski definition) is 4. The van der Waals surface area contributed by atoms with Crippen molar-refractivity contribution >= 4 is 33.2 Å². The van der Waals surface area contributed by atoms with Crippen LogP contribution >= 0.6 is 27.3 Å². The van der Waals surface area contributed by atoms with Crippen molar-refractivity contribution in [2.45, 2.75) is 38.8 Å². The standard InChI is InChI=1S/C22H20BrF3N2O2S/c1-12-11-17(19(30-12)22(24,25)26)21(29)28-9-7-15(8-10-28)20-27-18(13(2)31-20)14-3-5-16(23)6-4-14/h3-6,11,15H,7-10H2,1-2H3. The molecule has 0 N–H and O–H groups in total. The van der Waals surface area contributed by atoms with Crippen molar-refractivity contribution in [3.8, 4) is 11.3 Å². The molecule has 1 aliphatic heterocycles. The second kappa shape index (κ2) is 8.43. The lowest BCUT2D eigenvalue weighted by Gasteiger charge is -2.31. The summed E-state index contributed by atoms with van der Waals surface area (Å²) in [5.41, 5.74) is 1.59. The number of aryl methyl sites for hydroxylation is 2. The van der Waals surface area contributed by atoms with Crippen LogP contribution in [0, 0.1) is 13.8 Å². The molecule has 0 aliphatic carbocycles. The summed E-state index contributed by atoms with van der Waals surface area (Å²) < 4.78 is 45.4. The second-order valence-corrected chi connectivity index (χ2v) is 9.78. The van der Waals surface area contributed by atoms with Crippen LogP contribution in [0.4, 0.5) is 13.2 Å². The smallest absolute Gasteiger partial charge is 0.450 e. The summed E-state index contributed by atoms with van der Waals surface area (Å²) in [6.07, 6.45) is -3.37. The number of halogens is 4. The average Bonchev–Trinajstić information content (AvgIpc) is 3.31. The maximum absolute atomic E-state index is 13.2. The Morgan fingerprint density at radius 2 is 1.84 bits per heavy atom. The van der Waals surface area contributed by atoms with Gasteiger partial charge in [0.05, 0.1) is 16.3 Å². The SMILES string of the molecule is Cc1cc(C(=O)N2CCC(c3nc(-c4ccc(Br)cc4)c(C)s3)CC2)c(C(F)(F)F)o1. The van der Waals surface area contributed by atoms with Gasteiger partial charge in [0.25, 0.3) is 5.91 Å². The van der Waals surface area contributed by atoms with E-state index in [1.165, 1.54) is 17.9 Å². The maximum Gasteiger partial charge on any atom is 0.450 e. The lowest BCUT2D eigenvalue weighted by Crippen LogP contribution is -2.38. The number of furan rings is 1. The molecule has 0 atom stereocenters. The van der Waals surface area contributed by atoms with E-state index in [9.17, 15) is 18.0 Å². The van der Waals surface area contributed by atoms with Crippen LogP contribution in [0.1, 0.15) is 50.5 Å². The topological polar surface area (TPSA) is 46.3 Å². The highest BCUT2D eigenvalue weighted by atomic mass is 79.9. The highest BCUT2D eigenvalue weighted by Gasteiger charge is 2.41. The van der Waals surface area contributed by atoms with Gasteiger partial charge in [-0.25, -0.2) is 4.98 Å². The number of aromatic nitrogens is 1. The Hall–Kier alpha value is -2.13. The minimum atomic E-state index is -4.70. The fourth-order valence-corrected chi connectivity index (χ4v) is 5.23. The normalized spacial score (nSPS) is 15.5. The number of benzene rings is 1. The predicted octanol–water partition coefficient (Wildman–Crippen LogP) is 6.82. The molecule has 31 heavy (non-hydrogen) atoms. The quantitative estimate of drug-likeness (QED) is 0.386. The zero-order chi connectivity index (χ0) is 22.3. The number of thiazole rings is 1. The summed E-state index contributed by atoms with van der Waals surface area (Å²) >= 11 is 5.08. The predicted molar refractivity (Wildman–Crippen MR) is 116 cm³/mol. The van der Waals surface area contributed by atoms with Crippen LogP contribution in [-0.4, -0.2) is 28.9 Å². The third kappa shape index (κ3) is 4.57. The number of amides is 1. The van der Waals surface area contributed by atoms with Crippen molar-refractivity contribution in [3.63, 3.8) is 0 Å². The molecular weight excluding hydrogens is 493 g/mol. The summed E-state index contributed by atoms with van der Waals surface area (Å²) in [5, 5.41) is 1.01. The van der Waals surface area contributed by atoms with Gasteiger partial charge in [0.2, 0.25) is 5.76 Å². The molecule has 9 heteroatoms. The molecule has 3 aromatic rings. The third-order valence-electron chi connectivity index (χ3n) is 5.41. The summed E-state index contributed by atoms with van der Waals surface area (Å²) in [5.74, 6) is -1.59. The van der Waals surface area contributed by atoms with E-state index >= 15 is 0 Å².